The molecule has 1 atom stereocenters. The Labute approximate surface area is 184 Å². The topological polar surface area (TPSA) is 96.0 Å². The van der Waals surface area contributed by atoms with E-state index < -0.39 is 18.2 Å². The highest BCUT2D eigenvalue weighted by molar-refractivity contribution is 5.79. The third-order valence-corrected chi connectivity index (χ3v) is 4.21. The molecule has 2 aromatic carbocycles. The van der Waals surface area contributed by atoms with E-state index in [-0.39, 0.29) is 25.6 Å². The fourth-order valence-electron chi connectivity index (χ4n) is 2.70. The van der Waals surface area contributed by atoms with Crippen LogP contribution in [0.5, 0.6) is 17.4 Å². The molecule has 0 spiro atoms. The molecule has 0 saturated heterocycles. The molecule has 0 saturated carbocycles. The Morgan fingerprint density at radius 2 is 1.78 bits per heavy atom. The fourth-order valence-corrected chi connectivity index (χ4v) is 2.70. The second-order valence-corrected chi connectivity index (χ2v) is 6.63. The van der Waals surface area contributed by atoms with Crippen molar-refractivity contribution in [2.75, 3.05) is 19.8 Å². The number of fused-ring (bicyclic) bond motifs is 1. The van der Waals surface area contributed by atoms with Gasteiger partial charge >= 0.3 is 12.1 Å². The first-order valence-electron chi connectivity index (χ1n) is 10.0. The summed E-state index contributed by atoms with van der Waals surface area (Å²) in [5.74, 6) is 0.453. The van der Waals surface area contributed by atoms with Crippen LogP contribution in [0.2, 0.25) is 0 Å². The average Bonchev–Trinajstić information content (AvgIpc) is 2.78. The number of aromatic nitrogens is 1. The van der Waals surface area contributed by atoms with E-state index in [1.165, 1.54) is 12.1 Å². The first-order chi connectivity index (χ1) is 15.4. The smallest absolute Gasteiger partial charge is 0.407 e. The molecule has 0 aliphatic carbocycles. The van der Waals surface area contributed by atoms with Crippen LogP contribution in [0.4, 0.5) is 9.18 Å². The Hall–Kier alpha value is -3.88. The quantitative estimate of drug-likeness (QED) is 0.391. The number of halogens is 1. The van der Waals surface area contributed by atoms with E-state index in [0.717, 1.165) is 0 Å². The van der Waals surface area contributed by atoms with Crippen LogP contribution in [-0.2, 0) is 14.3 Å². The largest absolute Gasteiger partial charge is 0.479 e. The first kappa shape index (κ1) is 22.8. The third kappa shape index (κ3) is 6.56. The lowest BCUT2D eigenvalue weighted by molar-refractivity contribution is -0.150. The number of carbonyl (C=O) groups is 2. The highest BCUT2D eigenvalue weighted by atomic mass is 19.1. The molecule has 1 N–H and O–H groups in total. The van der Waals surface area contributed by atoms with Gasteiger partial charge in [-0.1, -0.05) is 0 Å². The second-order valence-electron chi connectivity index (χ2n) is 6.63. The third-order valence-electron chi connectivity index (χ3n) is 4.21. The van der Waals surface area contributed by atoms with Crippen LogP contribution in [-0.4, -0.2) is 42.9 Å². The molecule has 0 fully saturated rings. The summed E-state index contributed by atoms with van der Waals surface area (Å²) in [5.41, 5.74) is 0.619. The molecule has 1 aromatic heterocycles. The molecule has 0 radical (unpaired) electrons. The molecule has 3 rings (SSSR count). The number of hydrogen-bond donors (Lipinski definition) is 1. The molecule has 9 heteroatoms. The van der Waals surface area contributed by atoms with Gasteiger partial charge in [-0.15, -0.1) is 0 Å². The highest BCUT2D eigenvalue weighted by Gasteiger charge is 2.16. The van der Waals surface area contributed by atoms with Gasteiger partial charge in [-0.2, -0.15) is 0 Å². The van der Waals surface area contributed by atoms with Crippen LogP contribution >= 0.6 is 0 Å². The first-order valence-corrected chi connectivity index (χ1v) is 10.0. The van der Waals surface area contributed by atoms with Crippen LogP contribution in [0.3, 0.4) is 0 Å². The highest BCUT2D eigenvalue weighted by Crippen LogP contribution is 2.25. The van der Waals surface area contributed by atoms with E-state index in [2.05, 4.69) is 10.3 Å². The van der Waals surface area contributed by atoms with Crippen LogP contribution in [0.1, 0.15) is 13.8 Å². The van der Waals surface area contributed by atoms with Gasteiger partial charge in [0.05, 0.1) is 18.7 Å². The van der Waals surface area contributed by atoms with Crippen LogP contribution < -0.4 is 14.8 Å². The SMILES string of the molecule is CCOC(=O)NCCOC(=O)C(C)Oc1ccc(Oc2ccc3cc(F)ccc3n2)cc1. The summed E-state index contributed by atoms with van der Waals surface area (Å²) < 4.78 is 34.3. The van der Waals surface area contributed by atoms with Gasteiger partial charge in [-0.25, -0.2) is 19.0 Å². The standard InChI is InChI=1S/C23H23FN2O6/c1-3-29-23(28)25-12-13-30-22(27)15(2)31-18-6-8-19(9-7-18)32-21-11-4-16-14-17(24)5-10-20(16)26-21/h4-11,14-15H,3,12-13H2,1-2H3,(H,25,28). The Morgan fingerprint density at radius 1 is 1.03 bits per heavy atom. The molecule has 1 unspecified atom stereocenters. The lowest BCUT2D eigenvalue weighted by Crippen LogP contribution is -2.31. The maximum Gasteiger partial charge on any atom is 0.407 e. The number of pyridine rings is 1. The van der Waals surface area contributed by atoms with Gasteiger partial charge in [0.15, 0.2) is 6.10 Å². The molecule has 168 valence electrons. The van der Waals surface area contributed by atoms with E-state index >= 15 is 0 Å². The van der Waals surface area contributed by atoms with E-state index in [1.807, 2.05) is 0 Å². The number of benzene rings is 2. The molecule has 8 nitrogen and oxygen atoms in total. The van der Waals surface area contributed by atoms with Crippen molar-refractivity contribution in [2.45, 2.75) is 20.0 Å². The molecule has 32 heavy (non-hydrogen) atoms. The number of ether oxygens (including phenoxy) is 4. The van der Waals surface area contributed by atoms with Crippen molar-refractivity contribution in [1.82, 2.24) is 10.3 Å². The minimum absolute atomic E-state index is 0.00350. The number of rotatable bonds is 9. The second kappa shape index (κ2) is 10.9. The van der Waals surface area contributed by atoms with Crippen molar-refractivity contribution >= 4 is 23.0 Å². The van der Waals surface area contributed by atoms with Gasteiger partial charge in [0, 0.05) is 11.5 Å². The van der Waals surface area contributed by atoms with Gasteiger partial charge in [0.1, 0.15) is 23.9 Å². The zero-order valence-corrected chi connectivity index (χ0v) is 17.7. The monoisotopic (exact) mass is 442 g/mol. The number of hydrogen-bond acceptors (Lipinski definition) is 7. The van der Waals surface area contributed by atoms with Crippen molar-refractivity contribution in [3.8, 4) is 17.4 Å². The van der Waals surface area contributed by atoms with Crippen LogP contribution in [0.15, 0.2) is 54.6 Å². The van der Waals surface area contributed by atoms with Crippen molar-refractivity contribution in [1.29, 1.82) is 0 Å². The number of amides is 1. The zero-order chi connectivity index (χ0) is 22.9. The normalized spacial score (nSPS) is 11.5. The van der Waals surface area contributed by atoms with Crippen LogP contribution in [0, 0.1) is 5.82 Å². The van der Waals surface area contributed by atoms with Gasteiger partial charge in [0.25, 0.3) is 0 Å². The van der Waals surface area contributed by atoms with Crippen LogP contribution in [0.25, 0.3) is 10.9 Å². The lowest BCUT2D eigenvalue weighted by Gasteiger charge is -2.14. The maximum atomic E-state index is 13.3. The predicted octanol–water partition coefficient (Wildman–Crippen LogP) is 4.22. The number of nitrogens with zero attached hydrogens (tertiary/aromatic N) is 1. The molecular weight excluding hydrogens is 419 g/mol. The average molecular weight is 442 g/mol. The molecule has 1 amide bonds. The summed E-state index contributed by atoms with van der Waals surface area (Å²) in [5, 5.41) is 3.13. The fraction of sp³-hybridized carbons (Fsp3) is 0.261. The summed E-state index contributed by atoms with van der Waals surface area (Å²) in [7, 11) is 0. The van der Waals surface area contributed by atoms with E-state index in [1.54, 1.807) is 56.3 Å². The van der Waals surface area contributed by atoms with Crippen molar-refractivity contribution in [3.63, 3.8) is 0 Å². The van der Waals surface area contributed by atoms with Crippen molar-refractivity contribution in [2.24, 2.45) is 0 Å². The van der Waals surface area contributed by atoms with Gasteiger partial charge in [0.2, 0.25) is 5.88 Å². The summed E-state index contributed by atoms with van der Waals surface area (Å²) >= 11 is 0. The number of nitrogens with one attached hydrogen (secondary N) is 1. The van der Waals surface area contributed by atoms with E-state index in [0.29, 0.717) is 28.3 Å². The Morgan fingerprint density at radius 3 is 2.53 bits per heavy atom. The number of alkyl carbamates (subject to hydrolysis) is 1. The molecule has 1 heterocycles. The molecule has 3 aromatic rings. The van der Waals surface area contributed by atoms with E-state index in [9.17, 15) is 14.0 Å². The molecular formula is C23H23FN2O6. The van der Waals surface area contributed by atoms with Crippen molar-refractivity contribution in [3.05, 3.63) is 60.4 Å². The number of carbonyl (C=O) groups excluding carboxylic acids is 2. The summed E-state index contributed by atoms with van der Waals surface area (Å²) in [6, 6.07) is 14.4. The molecule has 0 bridgehead atoms. The summed E-state index contributed by atoms with van der Waals surface area (Å²) in [6.45, 7) is 3.67. The predicted molar refractivity (Wildman–Crippen MR) is 114 cm³/mol. The maximum absolute atomic E-state index is 13.3. The minimum atomic E-state index is -0.841. The zero-order valence-electron chi connectivity index (χ0n) is 17.7. The summed E-state index contributed by atoms with van der Waals surface area (Å²) in [4.78, 5) is 27.5. The Kier molecular flexibility index (Phi) is 7.80. The number of esters is 1. The molecule has 0 aliphatic rings. The Balaban J connectivity index is 1.48. The lowest BCUT2D eigenvalue weighted by atomic mass is 10.2. The van der Waals surface area contributed by atoms with E-state index in [4.69, 9.17) is 18.9 Å². The summed E-state index contributed by atoms with van der Waals surface area (Å²) in [6.07, 6.45) is -1.41. The Bertz CT molecular complexity index is 1070. The van der Waals surface area contributed by atoms with Gasteiger partial charge < -0.3 is 24.3 Å². The van der Waals surface area contributed by atoms with Gasteiger partial charge in [-0.3, -0.25) is 0 Å². The van der Waals surface area contributed by atoms with Crippen molar-refractivity contribution < 1.29 is 32.9 Å². The molecule has 0 aliphatic heterocycles. The minimum Gasteiger partial charge on any atom is -0.479 e. The van der Waals surface area contributed by atoms with Gasteiger partial charge in [-0.05, 0) is 62.4 Å².